The van der Waals surface area contributed by atoms with E-state index in [4.69, 9.17) is 11.6 Å². The molecule has 2 aliphatic rings. The van der Waals surface area contributed by atoms with Gasteiger partial charge >= 0.3 is 0 Å². The van der Waals surface area contributed by atoms with Gasteiger partial charge in [0.2, 0.25) is 0 Å². The van der Waals surface area contributed by atoms with Crippen LogP contribution in [0, 0.1) is 5.92 Å². The zero-order valence-corrected chi connectivity index (χ0v) is 14.5. The van der Waals surface area contributed by atoms with Crippen LogP contribution in [0.1, 0.15) is 63.4 Å². The second kappa shape index (κ2) is 6.27. The lowest BCUT2D eigenvalue weighted by molar-refractivity contribution is 0.391. The van der Waals surface area contributed by atoms with Gasteiger partial charge in [0.15, 0.2) is 0 Å². The average molecular weight is 334 g/mol. The summed E-state index contributed by atoms with van der Waals surface area (Å²) in [4.78, 5) is 11.2. The third-order valence-electron chi connectivity index (χ3n) is 5.65. The van der Waals surface area contributed by atoms with Crippen molar-refractivity contribution in [3.63, 3.8) is 0 Å². The Morgan fingerprint density at radius 2 is 1.91 bits per heavy atom. The van der Waals surface area contributed by atoms with Gasteiger partial charge in [-0.3, -0.25) is 0 Å². The summed E-state index contributed by atoms with van der Waals surface area (Å²) in [5.41, 5.74) is 1.21. The number of nitrogens with zero attached hydrogens (tertiary/aromatic N) is 5. The predicted molar refractivity (Wildman–Crippen MR) is 92.2 cm³/mol. The molecule has 0 bridgehead atoms. The van der Waals surface area contributed by atoms with Gasteiger partial charge in [0.1, 0.15) is 17.3 Å². The lowest BCUT2D eigenvalue weighted by Crippen LogP contribution is -2.36. The van der Waals surface area contributed by atoms with Crippen molar-refractivity contribution in [2.75, 3.05) is 18.0 Å². The standard InChI is InChI=1S/C17H24ClN5/c1-2-12-7-9-22(10-8-12)16-14(13-5-3-4-6-13)15(18)21-17-19-11-20-23(16)17/h11-13H,2-10H2,1H3. The summed E-state index contributed by atoms with van der Waals surface area (Å²) in [6.45, 7) is 4.45. The van der Waals surface area contributed by atoms with Gasteiger partial charge in [-0.25, -0.2) is 0 Å². The Kier molecular flexibility index (Phi) is 4.14. The van der Waals surface area contributed by atoms with Crippen molar-refractivity contribution < 1.29 is 0 Å². The summed E-state index contributed by atoms with van der Waals surface area (Å²) >= 11 is 6.60. The summed E-state index contributed by atoms with van der Waals surface area (Å²) in [5, 5.41) is 5.08. The average Bonchev–Trinajstić information content (AvgIpc) is 3.24. The molecule has 2 aromatic heterocycles. The first-order chi connectivity index (χ1) is 11.3. The van der Waals surface area contributed by atoms with Crippen molar-refractivity contribution in [1.29, 1.82) is 0 Å². The third kappa shape index (κ3) is 2.69. The Balaban J connectivity index is 1.79. The highest BCUT2D eigenvalue weighted by Crippen LogP contribution is 2.42. The molecule has 0 amide bonds. The maximum absolute atomic E-state index is 6.60. The zero-order valence-electron chi connectivity index (χ0n) is 13.7. The lowest BCUT2D eigenvalue weighted by Gasteiger charge is -2.35. The molecule has 6 heteroatoms. The van der Waals surface area contributed by atoms with Gasteiger partial charge in [-0.15, -0.1) is 0 Å². The highest BCUT2D eigenvalue weighted by Gasteiger charge is 2.30. The van der Waals surface area contributed by atoms with E-state index in [9.17, 15) is 0 Å². The molecule has 1 aliphatic carbocycles. The van der Waals surface area contributed by atoms with Gasteiger partial charge in [0, 0.05) is 18.7 Å². The summed E-state index contributed by atoms with van der Waals surface area (Å²) in [6.07, 6.45) is 10.3. The number of anilines is 1. The van der Waals surface area contributed by atoms with Crippen molar-refractivity contribution in [2.24, 2.45) is 5.92 Å². The van der Waals surface area contributed by atoms with Gasteiger partial charge < -0.3 is 4.90 Å². The second-order valence-corrected chi connectivity index (χ2v) is 7.29. The van der Waals surface area contributed by atoms with E-state index in [1.807, 2.05) is 4.52 Å². The summed E-state index contributed by atoms with van der Waals surface area (Å²) in [7, 11) is 0. The number of halogens is 1. The first-order valence-electron chi connectivity index (χ1n) is 8.92. The van der Waals surface area contributed by atoms with E-state index in [1.54, 1.807) is 6.33 Å². The first kappa shape index (κ1) is 15.2. The van der Waals surface area contributed by atoms with Crippen LogP contribution in [0.3, 0.4) is 0 Å². The van der Waals surface area contributed by atoms with Gasteiger partial charge in [-0.1, -0.05) is 37.8 Å². The fourth-order valence-corrected chi connectivity index (χ4v) is 4.55. The number of aromatic nitrogens is 4. The molecular weight excluding hydrogens is 310 g/mol. The maximum Gasteiger partial charge on any atom is 0.255 e. The van der Waals surface area contributed by atoms with Crippen LogP contribution >= 0.6 is 11.6 Å². The highest BCUT2D eigenvalue weighted by atomic mass is 35.5. The highest BCUT2D eigenvalue weighted by molar-refractivity contribution is 6.30. The minimum atomic E-state index is 0.516. The molecule has 5 nitrogen and oxygen atoms in total. The summed E-state index contributed by atoms with van der Waals surface area (Å²) in [6, 6.07) is 0. The molecule has 2 aromatic rings. The molecule has 0 aromatic carbocycles. The van der Waals surface area contributed by atoms with Crippen molar-refractivity contribution >= 4 is 23.2 Å². The van der Waals surface area contributed by atoms with Crippen LogP contribution < -0.4 is 4.90 Å². The smallest absolute Gasteiger partial charge is 0.255 e. The number of hydrogen-bond acceptors (Lipinski definition) is 4. The second-order valence-electron chi connectivity index (χ2n) is 6.93. The van der Waals surface area contributed by atoms with E-state index in [1.165, 1.54) is 50.5 Å². The van der Waals surface area contributed by atoms with Crippen molar-refractivity contribution in [1.82, 2.24) is 19.6 Å². The predicted octanol–water partition coefficient (Wildman–Crippen LogP) is 4.06. The SMILES string of the molecule is CCC1CCN(c2c(C3CCCC3)c(Cl)nc3ncnn23)CC1. The van der Waals surface area contributed by atoms with E-state index in [2.05, 4.69) is 26.9 Å². The minimum absolute atomic E-state index is 0.516. The first-order valence-corrected chi connectivity index (χ1v) is 9.29. The topological polar surface area (TPSA) is 46.3 Å². The van der Waals surface area contributed by atoms with Crippen LogP contribution in [-0.4, -0.2) is 32.7 Å². The summed E-state index contributed by atoms with van der Waals surface area (Å²) in [5.74, 6) is 3.13. The largest absolute Gasteiger partial charge is 0.356 e. The van der Waals surface area contributed by atoms with Gasteiger partial charge in [-0.05, 0) is 37.5 Å². The summed E-state index contributed by atoms with van der Waals surface area (Å²) < 4.78 is 1.91. The normalized spacial score (nSPS) is 20.7. The molecule has 23 heavy (non-hydrogen) atoms. The lowest BCUT2D eigenvalue weighted by atomic mass is 9.93. The molecular formula is C17H24ClN5. The Hall–Kier alpha value is -1.36. The van der Waals surface area contributed by atoms with E-state index < -0.39 is 0 Å². The molecule has 0 atom stereocenters. The Bertz CT molecular complexity index is 684. The zero-order chi connectivity index (χ0) is 15.8. The van der Waals surface area contributed by atoms with Crippen LogP contribution in [-0.2, 0) is 0 Å². The van der Waals surface area contributed by atoms with Crippen LogP contribution in [0.2, 0.25) is 5.15 Å². The van der Waals surface area contributed by atoms with Gasteiger partial charge in [0.05, 0.1) is 0 Å². The molecule has 0 N–H and O–H groups in total. The van der Waals surface area contributed by atoms with Crippen molar-refractivity contribution in [3.05, 3.63) is 17.0 Å². The molecule has 0 radical (unpaired) electrons. The van der Waals surface area contributed by atoms with E-state index in [0.717, 1.165) is 24.8 Å². The molecule has 3 heterocycles. The van der Waals surface area contributed by atoms with Crippen molar-refractivity contribution in [3.8, 4) is 0 Å². The molecule has 0 spiro atoms. The molecule has 1 saturated carbocycles. The molecule has 1 aliphatic heterocycles. The van der Waals surface area contributed by atoms with E-state index in [0.29, 0.717) is 16.8 Å². The van der Waals surface area contributed by atoms with Gasteiger partial charge in [-0.2, -0.15) is 19.6 Å². The quantitative estimate of drug-likeness (QED) is 0.795. The molecule has 124 valence electrons. The fourth-order valence-electron chi connectivity index (χ4n) is 4.24. The Labute approximate surface area is 142 Å². The molecule has 1 saturated heterocycles. The van der Waals surface area contributed by atoms with Crippen LogP contribution in [0.5, 0.6) is 0 Å². The van der Waals surface area contributed by atoms with Crippen LogP contribution in [0.25, 0.3) is 5.78 Å². The molecule has 2 fully saturated rings. The monoisotopic (exact) mass is 333 g/mol. The Morgan fingerprint density at radius 3 is 2.61 bits per heavy atom. The fraction of sp³-hybridized carbons (Fsp3) is 0.706. The number of rotatable bonds is 3. The number of hydrogen-bond donors (Lipinski definition) is 0. The molecule has 4 rings (SSSR count). The van der Waals surface area contributed by atoms with Gasteiger partial charge in [0.25, 0.3) is 5.78 Å². The van der Waals surface area contributed by atoms with E-state index >= 15 is 0 Å². The van der Waals surface area contributed by atoms with Crippen molar-refractivity contribution in [2.45, 2.75) is 57.8 Å². The van der Waals surface area contributed by atoms with Crippen LogP contribution in [0.15, 0.2) is 6.33 Å². The minimum Gasteiger partial charge on any atom is -0.356 e. The molecule has 0 unspecified atom stereocenters. The van der Waals surface area contributed by atoms with E-state index in [-0.39, 0.29) is 0 Å². The van der Waals surface area contributed by atoms with Crippen LogP contribution in [0.4, 0.5) is 5.82 Å². The number of piperidine rings is 1. The maximum atomic E-state index is 6.60. The number of fused-ring (bicyclic) bond motifs is 1. The Morgan fingerprint density at radius 1 is 1.17 bits per heavy atom. The third-order valence-corrected chi connectivity index (χ3v) is 5.93.